The number of fused-ring (bicyclic) bond motifs is 15. The van der Waals surface area contributed by atoms with Crippen molar-refractivity contribution in [3.8, 4) is 22.3 Å². The topological polar surface area (TPSA) is 8.17 Å². The molecule has 0 saturated carbocycles. The lowest BCUT2D eigenvalue weighted by Gasteiger charge is -2.48. The number of benzene rings is 6. The summed E-state index contributed by atoms with van der Waals surface area (Å²) < 4.78 is 4.13. The van der Waals surface area contributed by atoms with Gasteiger partial charge in [-0.05, 0) is 67.3 Å². The lowest BCUT2D eigenvalue weighted by Crippen LogP contribution is -2.65. The number of aromatic nitrogens is 1. The Morgan fingerprint density at radius 1 is 0.688 bits per heavy atom. The van der Waals surface area contributed by atoms with E-state index in [1.165, 1.54) is 97.8 Å². The minimum absolute atomic E-state index is 0.0871. The van der Waals surface area contributed by atoms with Crippen LogP contribution in [-0.2, 0) is 5.41 Å². The van der Waals surface area contributed by atoms with Crippen LogP contribution in [0.4, 0.5) is 17.1 Å². The summed E-state index contributed by atoms with van der Waals surface area (Å²) in [6.07, 6.45) is 0. The highest BCUT2D eigenvalue weighted by Crippen LogP contribution is 2.57. The Hall–Kier alpha value is -4.84. The molecule has 1 aliphatic carbocycles. The Kier molecular flexibility index (Phi) is 4.48. The van der Waals surface area contributed by atoms with Crippen molar-refractivity contribution in [3.05, 3.63) is 126 Å². The zero-order valence-electron chi connectivity index (χ0n) is 27.3. The number of rotatable bonds is 0. The Morgan fingerprint density at radius 3 is 2.33 bits per heavy atom. The van der Waals surface area contributed by atoms with E-state index in [0.29, 0.717) is 0 Å². The summed E-state index contributed by atoms with van der Waals surface area (Å²) in [4.78, 5) is 4.07. The van der Waals surface area contributed by atoms with Crippen LogP contribution in [-0.4, -0.2) is 19.4 Å². The largest absolute Gasteiger partial charge is 0.367 e. The molecule has 2 nitrogen and oxygen atoms in total. The molecule has 5 heteroatoms. The molecule has 0 saturated heterocycles. The number of thiophene rings is 1. The second-order valence-corrected chi connectivity index (χ2v) is 20.6. The van der Waals surface area contributed by atoms with Gasteiger partial charge in [-0.1, -0.05) is 124 Å². The van der Waals surface area contributed by atoms with E-state index in [-0.39, 0.29) is 12.3 Å². The van der Waals surface area contributed by atoms with Crippen LogP contribution < -0.4 is 26.2 Å². The quantitative estimate of drug-likeness (QED) is 0.150. The molecule has 6 aromatic carbocycles. The molecule has 0 unspecified atom stereocenters. The molecular formula is C43H31BN2SSi. The van der Waals surface area contributed by atoms with E-state index < -0.39 is 8.07 Å². The number of anilines is 3. The van der Waals surface area contributed by atoms with E-state index in [9.17, 15) is 0 Å². The van der Waals surface area contributed by atoms with Crippen molar-refractivity contribution < 1.29 is 0 Å². The standard InChI is InChI=1S/C43H31BN2SSi/c1-43(2)29-17-7-5-13-24(29)28-23-32-39-37(38(28)43)27-16-11-15-26-36-25-14-6-9-20-33(25)47-42(36)46(40(26)27)44(39)30-18-12-22-35-41(30)45(32)31-19-8-10-21-34(31)48(35,3)4/h5-23H,1-4H3. The van der Waals surface area contributed by atoms with Crippen LogP contribution in [0.15, 0.2) is 115 Å². The monoisotopic (exact) mass is 646 g/mol. The van der Waals surface area contributed by atoms with Gasteiger partial charge in [0.15, 0.2) is 0 Å². The Morgan fingerprint density at radius 2 is 1.42 bits per heavy atom. The molecular weight excluding hydrogens is 615 g/mol. The van der Waals surface area contributed by atoms with Gasteiger partial charge in [-0.3, -0.25) is 0 Å². The second kappa shape index (κ2) is 8.23. The fraction of sp³-hybridized carbons (Fsp3) is 0.116. The van der Waals surface area contributed by atoms with Crippen molar-refractivity contribution in [2.24, 2.45) is 0 Å². The van der Waals surface area contributed by atoms with Crippen molar-refractivity contribution in [3.63, 3.8) is 0 Å². The average Bonchev–Trinajstić information content (AvgIpc) is 3.71. The van der Waals surface area contributed by atoms with E-state index in [1.54, 1.807) is 5.19 Å². The first-order chi connectivity index (χ1) is 23.4. The minimum Gasteiger partial charge on any atom is -0.367 e. The molecule has 0 spiro atoms. The highest BCUT2D eigenvalue weighted by Gasteiger charge is 2.51. The fourth-order valence-electron chi connectivity index (χ4n) is 10.4. The molecule has 4 aliphatic rings. The van der Waals surface area contributed by atoms with Crippen LogP contribution in [0.1, 0.15) is 25.0 Å². The zero-order chi connectivity index (χ0) is 31.8. The van der Waals surface area contributed by atoms with Gasteiger partial charge in [0.2, 0.25) is 0 Å². The molecule has 226 valence electrons. The SMILES string of the molecule is CC1(C)c2ccccc2-c2cc3c4c(c21)-c1cccc2c5c6ccccc6sc5n(c12)B4c1cccc2c1N3c1ccccc1[Si]2(C)C. The van der Waals surface area contributed by atoms with E-state index in [2.05, 4.69) is 152 Å². The van der Waals surface area contributed by atoms with Gasteiger partial charge >= 0.3 is 6.85 Å². The molecule has 0 bridgehead atoms. The maximum absolute atomic E-state index is 2.76. The van der Waals surface area contributed by atoms with Gasteiger partial charge in [-0.2, -0.15) is 0 Å². The summed E-state index contributed by atoms with van der Waals surface area (Å²) in [5.74, 6) is 0. The van der Waals surface area contributed by atoms with Crippen LogP contribution >= 0.6 is 11.3 Å². The molecule has 0 amide bonds. The molecule has 2 aromatic heterocycles. The highest BCUT2D eigenvalue weighted by atomic mass is 32.1. The number of para-hydroxylation sites is 3. The molecule has 8 aromatic rings. The minimum atomic E-state index is -1.99. The Balaban J connectivity index is 1.35. The third-order valence-corrected chi connectivity index (χ3v) is 17.0. The lowest BCUT2D eigenvalue weighted by molar-refractivity contribution is 0.662. The van der Waals surface area contributed by atoms with Gasteiger partial charge < -0.3 is 9.38 Å². The predicted octanol–water partition coefficient (Wildman–Crippen LogP) is 8.87. The summed E-state index contributed by atoms with van der Waals surface area (Å²) in [7, 11) is -1.99. The fourth-order valence-corrected chi connectivity index (χ4v) is 14.6. The Bertz CT molecular complexity index is 2820. The summed E-state index contributed by atoms with van der Waals surface area (Å²) in [5, 5.41) is 7.23. The summed E-state index contributed by atoms with van der Waals surface area (Å²) >= 11 is 1.97. The van der Waals surface area contributed by atoms with Crippen molar-refractivity contribution in [2.75, 3.05) is 4.90 Å². The normalized spacial score (nSPS) is 16.6. The predicted molar refractivity (Wildman–Crippen MR) is 210 cm³/mol. The van der Waals surface area contributed by atoms with Crippen LogP contribution in [0, 0.1) is 0 Å². The first-order valence-corrected chi connectivity index (χ1v) is 21.0. The molecule has 48 heavy (non-hydrogen) atoms. The second-order valence-electron chi connectivity index (χ2n) is 15.3. The molecule has 0 atom stereocenters. The molecule has 5 heterocycles. The van der Waals surface area contributed by atoms with E-state index in [1.807, 2.05) is 11.3 Å². The third-order valence-electron chi connectivity index (χ3n) is 12.3. The van der Waals surface area contributed by atoms with Gasteiger partial charge in [-0.25, -0.2) is 0 Å². The maximum Gasteiger partial charge on any atom is 0.333 e. The van der Waals surface area contributed by atoms with Crippen molar-refractivity contribution in [1.29, 1.82) is 0 Å². The van der Waals surface area contributed by atoms with Gasteiger partial charge in [-0.15, -0.1) is 11.3 Å². The summed E-state index contributed by atoms with van der Waals surface area (Å²) in [6, 6.07) is 44.4. The van der Waals surface area contributed by atoms with Gasteiger partial charge in [0.05, 0.1) is 4.83 Å². The average molecular weight is 647 g/mol. The summed E-state index contributed by atoms with van der Waals surface area (Å²) in [5.41, 5.74) is 16.8. The maximum atomic E-state index is 2.76. The smallest absolute Gasteiger partial charge is 0.333 e. The number of hydrogen-bond donors (Lipinski definition) is 0. The number of hydrogen-bond acceptors (Lipinski definition) is 2. The molecule has 0 radical (unpaired) electrons. The summed E-state index contributed by atoms with van der Waals surface area (Å²) in [6.45, 7) is 10.1. The van der Waals surface area contributed by atoms with E-state index in [4.69, 9.17) is 0 Å². The van der Waals surface area contributed by atoms with Crippen LogP contribution in [0.3, 0.4) is 0 Å². The van der Waals surface area contributed by atoms with Crippen molar-refractivity contribution in [2.45, 2.75) is 32.4 Å². The first-order valence-electron chi connectivity index (χ1n) is 17.2. The van der Waals surface area contributed by atoms with Gasteiger partial charge in [0, 0.05) is 54.4 Å². The van der Waals surface area contributed by atoms with Crippen molar-refractivity contribution >= 4 is 95.8 Å². The zero-order valence-corrected chi connectivity index (χ0v) is 29.2. The lowest BCUT2D eigenvalue weighted by atomic mass is 9.44. The van der Waals surface area contributed by atoms with E-state index >= 15 is 0 Å². The first kappa shape index (κ1) is 26.2. The van der Waals surface area contributed by atoms with Crippen LogP contribution in [0.5, 0.6) is 0 Å². The van der Waals surface area contributed by atoms with Crippen molar-refractivity contribution in [1.82, 2.24) is 4.48 Å². The van der Waals surface area contributed by atoms with Gasteiger partial charge in [0.1, 0.15) is 8.07 Å². The van der Waals surface area contributed by atoms with E-state index in [0.717, 1.165) is 0 Å². The van der Waals surface area contributed by atoms with Crippen LogP contribution in [0.25, 0.3) is 53.5 Å². The third kappa shape index (κ3) is 2.72. The molecule has 3 aliphatic heterocycles. The van der Waals surface area contributed by atoms with Crippen LogP contribution in [0.2, 0.25) is 13.1 Å². The highest BCUT2D eigenvalue weighted by molar-refractivity contribution is 7.26. The van der Waals surface area contributed by atoms with Gasteiger partial charge in [0.25, 0.3) is 0 Å². The molecule has 0 N–H and O–H groups in total. The number of nitrogens with zero attached hydrogens (tertiary/aromatic N) is 2. The molecule has 12 rings (SSSR count). The Labute approximate surface area is 285 Å². The molecule has 0 fully saturated rings.